The van der Waals surface area contributed by atoms with Gasteiger partial charge in [0.05, 0.1) is 18.2 Å². The standard InChI is InChI=1S/C12H15BrN4O/c1-4-17-6-14-5-8(17)11-15-10(7(2)3)9(13)12(18)16-11/h5-7H,4H2,1-3H3,(H,15,16,18). The lowest BCUT2D eigenvalue weighted by molar-refractivity contribution is 0.755. The summed E-state index contributed by atoms with van der Waals surface area (Å²) in [5.41, 5.74) is 1.43. The molecule has 5 nitrogen and oxygen atoms in total. The quantitative estimate of drug-likeness (QED) is 0.947. The van der Waals surface area contributed by atoms with E-state index >= 15 is 0 Å². The molecule has 0 aromatic carbocycles. The van der Waals surface area contributed by atoms with Crippen LogP contribution in [0.1, 0.15) is 32.4 Å². The molecule has 0 spiro atoms. The molecule has 6 heteroatoms. The van der Waals surface area contributed by atoms with Gasteiger partial charge in [0.25, 0.3) is 5.56 Å². The van der Waals surface area contributed by atoms with Gasteiger partial charge in [0, 0.05) is 6.54 Å². The number of rotatable bonds is 3. The zero-order chi connectivity index (χ0) is 13.3. The van der Waals surface area contributed by atoms with Crippen molar-refractivity contribution in [1.82, 2.24) is 19.5 Å². The van der Waals surface area contributed by atoms with Gasteiger partial charge in [-0.05, 0) is 28.8 Å². The van der Waals surface area contributed by atoms with Gasteiger partial charge < -0.3 is 9.55 Å². The molecule has 0 aliphatic carbocycles. The second-order valence-electron chi connectivity index (χ2n) is 4.33. The van der Waals surface area contributed by atoms with Crippen LogP contribution in [0.25, 0.3) is 11.5 Å². The van der Waals surface area contributed by atoms with Crippen molar-refractivity contribution in [2.24, 2.45) is 0 Å². The summed E-state index contributed by atoms with van der Waals surface area (Å²) in [6.07, 6.45) is 3.44. The number of aromatic amines is 1. The second kappa shape index (κ2) is 5.06. The largest absolute Gasteiger partial charge is 0.328 e. The van der Waals surface area contributed by atoms with Crippen LogP contribution in [0.15, 0.2) is 21.8 Å². The number of halogens is 1. The third kappa shape index (κ3) is 2.25. The van der Waals surface area contributed by atoms with Crippen LogP contribution in [0.2, 0.25) is 0 Å². The Hall–Kier alpha value is -1.43. The lowest BCUT2D eigenvalue weighted by Gasteiger charge is -2.10. The minimum Gasteiger partial charge on any atom is -0.328 e. The Balaban J connectivity index is 2.63. The smallest absolute Gasteiger partial charge is 0.265 e. The van der Waals surface area contributed by atoms with E-state index in [1.807, 2.05) is 25.3 Å². The summed E-state index contributed by atoms with van der Waals surface area (Å²) < 4.78 is 2.44. The molecule has 0 aliphatic rings. The van der Waals surface area contributed by atoms with Crippen molar-refractivity contribution in [1.29, 1.82) is 0 Å². The number of imidazole rings is 1. The van der Waals surface area contributed by atoms with E-state index in [2.05, 4.69) is 30.9 Å². The molecule has 2 heterocycles. The van der Waals surface area contributed by atoms with Gasteiger partial charge in [-0.3, -0.25) is 4.79 Å². The van der Waals surface area contributed by atoms with E-state index in [4.69, 9.17) is 0 Å². The molecule has 0 unspecified atom stereocenters. The Labute approximate surface area is 113 Å². The highest BCUT2D eigenvalue weighted by Gasteiger charge is 2.14. The van der Waals surface area contributed by atoms with E-state index < -0.39 is 0 Å². The van der Waals surface area contributed by atoms with Crippen molar-refractivity contribution in [3.8, 4) is 11.5 Å². The number of hydrogen-bond donors (Lipinski definition) is 1. The molecule has 18 heavy (non-hydrogen) atoms. The van der Waals surface area contributed by atoms with Crippen molar-refractivity contribution in [3.05, 3.63) is 33.0 Å². The van der Waals surface area contributed by atoms with Crippen molar-refractivity contribution in [2.75, 3.05) is 0 Å². The summed E-state index contributed by atoms with van der Waals surface area (Å²) in [5.74, 6) is 0.740. The fourth-order valence-corrected chi connectivity index (χ4v) is 2.40. The number of H-pyrrole nitrogens is 1. The molecule has 0 atom stereocenters. The molecule has 2 aromatic rings. The highest BCUT2D eigenvalue weighted by Crippen LogP contribution is 2.22. The normalized spacial score (nSPS) is 11.2. The zero-order valence-electron chi connectivity index (χ0n) is 10.6. The van der Waals surface area contributed by atoms with E-state index in [0.717, 1.165) is 17.9 Å². The van der Waals surface area contributed by atoms with Gasteiger partial charge in [-0.15, -0.1) is 0 Å². The van der Waals surface area contributed by atoms with Gasteiger partial charge in [0.2, 0.25) is 0 Å². The van der Waals surface area contributed by atoms with Gasteiger partial charge in [-0.1, -0.05) is 13.8 Å². The van der Waals surface area contributed by atoms with E-state index in [-0.39, 0.29) is 11.5 Å². The Kier molecular flexibility index (Phi) is 3.65. The maximum atomic E-state index is 11.9. The fourth-order valence-electron chi connectivity index (χ4n) is 1.75. The molecule has 0 saturated carbocycles. The molecule has 96 valence electrons. The van der Waals surface area contributed by atoms with Crippen LogP contribution in [0.3, 0.4) is 0 Å². The van der Waals surface area contributed by atoms with Crippen molar-refractivity contribution < 1.29 is 0 Å². The predicted molar refractivity (Wildman–Crippen MR) is 73.5 cm³/mol. The zero-order valence-corrected chi connectivity index (χ0v) is 12.2. The second-order valence-corrected chi connectivity index (χ2v) is 5.13. The van der Waals surface area contributed by atoms with Gasteiger partial charge >= 0.3 is 0 Å². The molecule has 0 aliphatic heterocycles. The fraction of sp³-hybridized carbons (Fsp3) is 0.417. The number of aryl methyl sites for hydroxylation is 1. The Morgan fingerprint density at radius 1 is 1.50 bits per heavy atom. The Morgan fingerprint density at radius 3 is 2.83 bits per heavy atom. The highest BCUT2D eigenvalue weighted by atomic mass is 79.9. The first-order valence-electron chi connectivity index (χ1n) is 5.84. The number of hydrogen-bond acceptors (Lipinski definition) is 3. The maximum absolute atomic E-state index is 11.9. The molecular weight excluding hydrogens is 296 g/mol. The average molecular weight is 311 g/mol. The molecule has 0 radical (unpaired) electrons. The minimum atomic E-state index is -0.160. The van der Waals surface area contributed by atoms with Gasteiger partial charge in [-0.2, -0.15) is 0 Å². The minimum absolute atomic E-state index is 0.160. The summed E-state index contributed by atoms with van der Waals surface area (Å²) >= 11 is 3.29. The number of aromatic nitrogens is 4. The maximum Gasteiger partial charge on any atom is 0.265 e. The average Bonchev–Trinajstić information content (AvgIpc) is 2.80. The molecule has 1 N–H and O–H groups in total. The molecule has 2 aromatic heterocycles. The monoisotopic (exact) mass is 310 g/mol. The molecule has 0 bridgehead atoms. The molecule has 0 amide bonds. The van der Waals surface area contributed by atoms with Crippen LogP contribution in [0, 0.1) is 0 Å². The van der Waals surface area contributed by atoms with Crippen molar-refractivity contribution in [2.45, 2.75) is 33.2 Å². The molecule has 2 rings (SSSR count). The third-order valence-corrected chi connectivity index (χ3v) is 3.50. The lowest BCUT2D eigenvalue weighted by atomic mass is 10.1. The van der Waals surface area contributed by atoms with Crippen molar-refractivity contribution >= 4 is 15.9 Å². The lowest BCUT2D eigenvalue weighted by Crippen LogP contribution is -2.15. The Morgan fingerprint density at radius 2 is 2.22 bits per heavy atom. The van der Waals surface area contributed by atoms with Gasteiger partial charge in [0.1, 0.15) is 10.2 Å². The summed E-state index contributed by atoms with van der Waals surface area (Å²) in [5, 5.41) is 0. The first-order chi connectivity index (χ1) is 8.54. The van der Waals surface area contributed by atoms with Crippen LogP contribution in [0.5, 0.6) is 0 Å². The van der Waals surface area contributed by atoms with Crippen molar-refractivity contribution in [3.63, 3.8) is 0 Å². The molecule has 0 fully saturated rings. The van der Waals surface area contributed by atoms with E-state index in [1.54, 1.807) is 12.5 Å². The summed E-state index contributed by atoms with van der Waals surface area (Å²) in [6.45, 7) is 6.82. The topological polar surface area (TPSA) is 63.6 Å². The van der Waals surface area contributed by atoms with E-state index in [0.29, 0.717) is 10.3 Å². The summed E-state index contributed by atoms with van der Waals surface area (Å²) in [4.78, 5) is 23.3. The first kappa shape index (κ1) is 13.0. The number of nitrogens with zero attached hydrogens (tertiary/aromatic N) is 3. The SMILES string of the molecule is CCn1cncc1-c1nc(C(C)C)c(Br)c(=O)[nH]1. The molecular formula is C12H15BrN4O. The van der Waals surface area contributed by atoms with Gasteiger partial charge in [-0.25, -0.2) is 9.97 Å². The number of nitrogens with one attached hydrogen (secondary N) is 1. The van der Waals surface area contributed by atoms with Gasteiger partial charge in [0.15, 0.2) is 5.82 Å². The van der Waals surface area contributed by atoms with Crippen LogP contribution >= 0.6 is 15.9 Å². The summed E-state index contributed by atoms with van der Waals surface area (Å²) in [7, 11) is 0. The third-order valence-electron chi connectivity index (χ3n) is 2.73. The van der Waals surface area contributed by atoms with E-state index in [1.165, 1.54) is 0 Å². The van der Waals surface area contributed by atoms with Crippen LogP contribution in [-0.4, -0.2) is 19.5 Å². The molecule has 0 saturated heterocycles. The van der Waals surface area contributed by atoms with Crippen LogP contribution in [-0.2, 0) is 6.54 Å². The van der Waals surface area contributed by atoms with Crippen LogP contribution < -0.4 is 5.56 Å². The Bertz CT molecular complexity index is 615. The first-order valence-corrected chi connectivity index (χ1v) is 6.64. The highest BCUT2D eigenvalue weighted by molar-refractivity contribution is 9.10. The van der Waals surface area contributed by atoms with Crippen LogP contribution in [0.4, 0.5) is 0 Å². The summed E-state index contributed by atoms with van der Waals surface area (Å²) in [6, 6.07) is 0. The van der Waals surface area contributed by atoms with E-state index in [9.17, 15) is 4.79 Å². The predicted octanol–water partition coefficient (Wildman–Crippen LogP) is 2.54.